The van der Waals surface area contributed by atoms with Crippen molar-refractivity contribution in [2.24, 2.45) is 0 Å². The lowest BCUT2D eigenvalue weighted by Gasteiger charge is -2.06. The Kier molecular flexibility index (Phi) is 3.67. The molecule has 0 bridgehead atoms. The van der Waals surface area contributed by atoms with E-state index in [-0.39, 0.29) is 11.6 Å². The Balaban J connectivity index is 2.83. The van der Waals surface area contributed by atoms with Crippen LogP contribution in [0, 0.1) is 0 Å². The maximum Gasteiger partial charge on any atom is 0.320 e. The molecule has 1 rings (SSSR count). The van der Waals surface area contributed by atoms with Crippen molar-refractivity contribution in [3.63, 3.8) is 0 Å². The van der Waals surface area contributed by atoms with Gasteiger partial charge in [-0.1, -0.05) is 0 Å². The monoisotopic (exact) mass is 246 g/mol. The van der Waals surface area contributed by atoms with Crippen molar-refractivity contribution in [2.45, 2.75) is 0 Å². The predicted molar refractivity (Wildman–Crippen MR) is 55.8 cm³/mol. The van der Waals surface area contributed by atoms with Gasteiger partial charge in [0.15, 0.2) is 5.75 Å². The van der Waals surface area contributed by atoms with Crippen LogP contribution in [0.5, 0.6) is 5.88 Å². The Bertz CT molecular complexity index is 485. The highest BCUT2D eigenvalue weighted by atomic mass is 32.2. The molecule has 0 saturated heterocycles. The zero-order valence-corrected chi connectivity index (χ0v) is 9.19. The number of nitrogens with zero attached hydrogens (tertiary/aromatic N) is 1. The van der Waals surface area contributed by atoms with E-state index in [0.717, 1.165) is 0 Å². The summed E-state index contributed by atoms with van der Waals surface area (Å²) in [6, 6.07) is 2.74. The lowest BCUT2D eigenvalue weighted by Crippen LogP contribution is -2.22. The molecule has 1 heterocycles. The van der Waals surface area contributed by atoms with Gasteiger partial charge in [-0.15, -0.1) is 0 Å². The first-order valence-corrected chi connectivity index (χ1v) is 5.80. The summed E-state index contributed by atoms with van der Waals surface area (Å²) in [5, 5.41) is 8.37. The molecule has 16 heavy (non-hydrogen) atoms. The molecular formula is C8H10N2O5S. The number of carbonyl (C=O) groups is 1. The first kappa shape index (κ1) is 12.2. The van der Waals surface area contributed by atoms with E-state index in [1.807, 2.05) is 0 Å². The van der Waals surface area contributed by atoms with Crippen LogP contribution in [0.4, 0.5) is 5.69 Å². The summed E-state index contributed by atoms with van der Waals surface area (Å²) in [6.45, 7) is 0. The van der Waals surface area contributed by atoms with Crippen LogP contribution in [0.2, 0.25) is 0 Å². The second-order valence-electron chi connectivity index (χ2n) is 2.84. The number of nitrogens with one attached hydrogen (secondary N) is 1. The maximum atomic E-state index is 11.3. The number of aliphatic carboxylic acids is 1. The van der Waals surface area contributed by atoms with Gasteiger partial charge in [-0.3, -0.25) is 9.52 Å². The highest BCUT2D eigenvalue weighted by Gasteiger charge is 2.15. The fourth-order valence-electron chi connectivity index (χ4n) is 0.963. The quantitative estimate of drug-likeness (QED) is 0.752. The number of carboxylic acids is 1. The molecule has 0 aromatic carbocycles. The zero-order valence-electron chi connectivity index (χ0n) is 8.37. The minimum absolute atomic E-state index is 0.202. The van der Waals surface area contributed by atoms with Crippen LogP contribution in [0.25, 0.3) is 0 Å². The summed E-state index contributed by atoms with van der Waals surface area (Å²) in [7, 11) is -2.50. The van der Waals surface area contributed by atoms with Crippen molar-refractivity contribution in [1.82, 2.24) is 4.98 Å². The van der Waals surface area contributed by atoms with Crippen LogP contribution in [-0.4, -0.2) is 37.3 Å². The Morgan fingerprint density at radius 2 is 2.31 bits per heavy atom. The third-order valence-electron chi connectivity index (χ3n) is 1.53. The van der Waals surface area contributed by atoms with Crippen LogP contribution in [0.3, 0.4) is 0 Å². The molecule has 8 heteroatoms. The van der Waals surface area contributed by atoms with Crippen LogP contribution < -0.4 is 9.46 Å². The van der Waals surface area contributed by atoms with Gasteiger partial charge in [-0.25, -0.2) is 13.4 Å². The predicted octanol–water partition coefficient (Wildman–Crippen LogP) is -0.0835. The molecule has 0 spiro atoms. The minimum Gasteiger partial charge on any atom is -0.481 e. The Morgan fingerprint density at radius 1 is 1.62 bits per heavy atom. The molecule has 0 aliphatic heterocycles. The molecule has 7 nitrogen and oxygen atoms in total. The molecule has 1 aromatic rings. The molecule has 0 amide bonds. The van der Waals surface area contributed by atoms with Crippen molar-refractivity contribution in [3.05, 3.63) is 18.3 Å². The minimum atomic E-state index is -3.89. The molecule has 0 fully saturated rings. The lowest BCUT2D eigenvalue weighted by molar-refractivity contribution is -0.134. The summed E-state index contributed by atoms with van der Waals surface area (Å²) in [4.78, 5) is 14.0. The summed E-state index contributed by atoms with van der Waals surface area (Å²) in [5.41, 5.74) is 0.202. The van der Waals surface area contributed by atoms with Gasteiger partial charge in [0.2, 0.25) is 15.9 Å². The van der Waals surface area contributed by atoms with E-state index in [2.05, 4.69) is 9.71 Å². The molecule has 0 radical (unpaired) electrons. The fraction of sp³-hybridized carbons (Fsp3) is 0.250. The van der Waals surface area contributed by atoms with E-state index in [4.69, 9.17) is 9.84 Å². The molecule has 0 aliphatic carbocycles. The lowest BCUT2D eigenvalue weighted by atomic mass is 10.4. The summed E-state index contributed by atoms with van der Waals surface area (Å²) in [5.74, 6) is -2.18. The van der Waals surface area contributed by atoms with Crippen LogP contribution in [-0.2, 0) is 14.8 Å². The van der Waals surface area contributed by atoms with Crippen LogP contribution in [0.1, 0.15) is 0 Å². The Labute approximate surface area is 92.1 Å². The molecule has 0 unspecified atom stereocenters. The largest absolute Gasteiger partial charge is 0.481 e. The molecule has 2 N–H and O–H groups in total. The highest BCUT2D eigenvalue weighted by molar-refractivity contribution is 7.93. The number of methoxy groups -OCH3 is 1. The number of carboxylic acid groups (broad SMARTS) is 1. The molecule has 0 atom stereocenters. The number of rotatable bonds is 5. The number of hydrogen-bond donors (Lipinski definition) is 2. The second kappa shape index (κ2) is 4.79. The van der Waals surface area contributed by atoms with Gasteiger partial charge >= 0.3 is 5.97 Å². The van der Waals surface area contributed by atoms with Gasteiger partial charge in [0.05, 0.1) is 12.8 Å². The summed E-state index contributed by atoms with van der Waals surface area (Å²) in [6.07, 6.45) is 1.34. The number of aromatic nitrogens is 1. The average molecular weight is 246 g/mol. The van der Waals surface area contributed by atoms with Crippen molar-refractivity contribution < 1.29 is 23.1 Å². The van der Waals surface area contributed by atoms with Gasteiger partial charge < -0.3 is 9.84 Å². The topological polar surface area (TPSA) is 106 Å². The number of ether oxygens (including phenoxy) is 1. The van der Waals surface area contributed by atoms with Gasteiger partial charge in [-0.05, 0) is 6.07 Å². The van der Waals surface area contributed by atoms with E-state index < -0.39 is 21.7 Å². The SMILES string of the molecule is COc1cc(NS(=O)(=O)CC(=O)O)ccn1. The Hall–Kier alpha value is -1.83. The molecule has 0 aliphatic rings. The maximum absolute atomic E-state index is 11.3. The molecular weight excluding hydrogens is 236 g/mol. The van der Waals surface area contributed by atoms with E-state index >= 15 is 0 Å². The van der Waals surface area contributed by atoms with Crippen molar-refractivity contribution in [1.29, 1.82) is 0 Å². The summed E-state index contributed by atoms with van der Waals surface area (Å²) >= 11 is 0. The molecule has 88 valence electrons. The van der Waals surface area contributed by atoms with Crippen LogP contribution in [0.15, 0.2) is 18.3 Å². The van der Waals surface area contributed by atoms with Gasteiger partial charge in [0.1, 0.15) is 0 Å². The highest BCUT2D eigenvalue weighted by Crippen LogP contribution is 2.14. The number of sulfonamides is 1. The van der Waals surface area contributed by atoms with Gasteiger partial charge in [-0.2, -0.15) is 0 Å². The number of hydrogen-bond acceptors (Lipinski definition) is 5. The number of pyridine rings is 1. The van der Waals surface area contributed by atoms with Gasteiger partial charge in [0, 0.05) is 12.3 Å². The third-order valence-corrected chi connectivity index (χ3v) is 2.70. The van der Waals surface area contributed by atoms with E-state index in [0.29, 0.717) is 0 Å². The zero-order chi connectivity index (χ0) is 12.2. The average Bonchev–Trinajstić information content (AvgIpc) is 2.15. The van der Waals surface area contributed by atoms with Crippen molar-refractivity contribution >= 4 is 21.7 Å². The van der Waals surface area contributed by atoms with Gasteiger partial charge in [0.25, 0.3) is 0 Å². The number of anilines is 1. The molecule has 1 aromatic heterocycles. The second-order valence-corrected chi connectivity index (χ2v) is 4.56. The van der Waals surface area contributed by atoms with E-state index in [1.54, 1.807) is 0 Å². The van der Waals surface area contributed by atoms with Crippen molar-refractivity contribution in [3.8, 4) is 5.88 Å². The molecule has 0 saturated carbocycles. The smallest absolute Gasteiger partial charge is 0.320 e. The first-order chi connectivity index (χ1) is 7.43. The first-order valence-electron chi connectivity index (χ1n) is 4.15. The summed E-state index contributed by atoms with van der Waals surface area (Å²) < 4.78 is 29.4. The third kappa shape index (κ3) is 3.73. The van der Waals surface area contributed by atoms with Crippen LogP contribution >= 0.6 is 0 Å². The van der Waals surface area contributed by atoms with E-state index in [1.165, 1.54) is 25.4 Å². The van der Waals surface area contributed by atoms with E-state index in [9.17, 15) is 13.2 Å². The van der Waals surface area contributed by atoms with Crippen molar-refractivity contribution in [2.75, 3.05) is 17.6 Å². The standard InChI is InChI=1S/C8H10N2O5S/c1-15-7-4-6(2-3-9-7)10-16(13,14)5-8(11)12/h2-4H,5H2,1H3,(H,9,10)(H,11,12). The Morgan fingerprint density at radius 3 is 2.88 bits per heavy atom. The fourth-order valence-corrected chi connectivity index (χ4v) is 1.85. The normalized spacial score (nSPS) is 10.8.